The number of aryl methyl sites for hydroxylation is 1. The smallest absolute Gasteiger partial charge is 0.391 e. The second-order valence-electron chi connectivity index (χ2n) is 10.9. The van der Waals surface area contributed by atoms with Crippen LogP contribution in [0.1, 0.15) is 5.56 Å². The van der Waals surface area contributed by atoms with Crippen molar-refractivity contribution in [1.29, 1.82) is 0 Å². The molecule has 210 valence electrons. The fourth-order valence-electron chi connectivity index (χ4n) is 5.92. The molecule has 0 radical (unpaired) electrons. The first-order valence-electron chi connectivity index (χ1n) is 14.7. The maximum absolute atomic E-state index is 4.69. The number of benzene rings is 6. The van der Waals surface area contributed by atoms with Gasteiger partial charge < -0.3 is 13.9 Å². The van der Waals surface area contributed by atoms with Crippen molar-refractivity contribution in [1.82, 2.24) is 14.8 Å². The van der Waals surface area contributed by atoms with Gasteiger partial charge in [-0.3, -0.25) is 0 Å². The van der Waals surface area contributed by atoms with E-state index < -0.39 is 0 Å². The van der Waals surface area contributed by atoms with E-state index in [1.165, 1.54) is 27.4 Å². The third-order valence-corrected chi connectivity index (χ3v) is 8.11. The highest BCUT2D eigenvalue weighted by Gasteiger charge is 2.19. The molecule has 0 aliphatic carbocycles. The maximum Gasteiger partial charge on any atom is 0.391 e. The van der Waals surface area contributed by atoms with Crippen LogP contribution in [0.4, 0.5) is 17.1 Å². The quantitative estimate of drug-likeness (QED) is 0.187. The molecule has 8 rings (SSSR count). The van der Waals surface area contributed by atoms with Gasteiger partial charge in [-0.15, -0.1) is 0 Å². The minimum absolute atomic E-state index is 0.618. The Hall–Kier alpha value is -5.94. The minimum Gasteiger partial charge on any atom is -0.514 e. The molecule has 0 aliphatic rings. The number of rotatable bonds is 6. The lowest BCUT2D eigenvalue weighted by molar-refractivity contribution is 0.584. The minimum atomic E-state index is 0.618. The lowest BCUT2D eigenvalue weighted by Crippen LogP contribution is -2.10. The molecule has 5 nitrogen and oxygen atoms in total. The van der Waals surface area contributed by atoms with Gasteiger partial charge in [0, 0.05) is 33.5 Å². The number of anilines is 3. The van der Waals surface area contributed by atoms with Crippen LogP contribution >= 0.6 is 0 Å². The summed E-state index contributed by atoms with van der Waals surface area (Å²) in [6.45, 7) is 2.11. The van der Waals surface area contributed by atoms with Gasteiger partial charge in [0.2, 0.25) is 0 Å². The molecule has 0 saturated carbocycles. The molecule has 0 fully saturated rings. The van der Waals surface area contributed by atoms with Crippen LogP contribution in [0.3, 0.4) is 0 Å². The number of para-hydroxylation sites is 2. The molecule has 0 amide bonds. The summed E-state index contributed by atoms with van der Waals surface area (Å²) in [5.74, 6) is 1.25. The number of hydrogen-bond donors (Lipinski definition) is 0. The molecule has 0 atom stereocenters. The van der Waals surface area contributed by atoms with Gasteiger partial charge in [-0.05, 0) is 91.9 Å². The fraction of sp³-hybridized carbons (Fsp3) is 0.0256. The molecular formula is C39H29N4O+. The Balaban J connectivity index is 1.17. The Morgan fingerprint density at radius 2 is 0.932 bits per heavy atom. The Morgan fingerprint density at radius 3 is 1.50 bits per heavy atom. The Morgan fingerprint density at radius 1 is 0.477 bits per heavy atom. The van der Waals surface area contributed by atoms with Crippen LogP contribution in [-0.4, -0.2) is 14.8 Å². The number of fused-ring (bicyclic) bond motifs is 3. The molecule has 1 N–H and O–H groups in total. The van der Waals surface area contributed by atoms with Crippen molar-refractivity contribution >= 4 is 38.9 Å². The topological polar surface area (TPSA) is 46.8 Å². The monoisotopic (exact) mass is 569 g/mol. The summed E-state index contributed by atoms with van der Waals surface area (Å²) in [5.41, 5.74) is 9.84. The summed E-state index contributed by atoms with van der Waals surface area (Å²) >= 11 is 0. The normalized spacial score (nSPS) is 11.3. The standard InChI is InChI=1S/C39H28N4O/c1-27-15-19-30(20-16-27)42(31-21-17-29(18-22-31)39-41-40-38(44-39)28-9-3-2-4-10-28)32-23-25-33(26-24-32)43-36-13-7-5-11-34(36)35-12-6-8-14-37(35)43/h2-26H,1H3/p+1. The molecule has 0 saturated heterocycles. The zero-order valence-corrected chi connectivity index (χ0v) is 24.2. The predicted molar refractivity (Wildman–Crippen MR) is 180 cm³/mol. The van der Waals surface area contributed by atoms with Crippen LogP contribution in [0, 0.1) is 6.92 Å². The highest BCUT2D eigenvalue weighted by atomic mass is 16.4. The van der Waals surface area contributed by atoms with Crippen LogP contribution < -0.4 is 4.90 Å². The van der Waals surface area contributed by atoms with E-state index in [9.17, 15) is 0 Å². The molecule has 0 unspecified atom stereocenters. The van der Waals surface area contributed by atoms with Crippen molar-refractivity contribution in [2.75, 3.05) is 4.90 Å². The summed E-state index contributed by atoms with van der Waals surface area (Å²) < 4.78 is 7.03. The molecule has 0 bridgehead atoms. The molecule has 44 heavy (non-hydrogen) atoms. The number of nitrogens with zero attached hydrogens (tertiary/aromatic N) is 4. The molecule has 2 heterocycles. The summed E-state index contributed by atoms with van der Waals surface area (Å²) in [4.78, 5) is 2.28. The van der Waals surface area contributed by atoms with Crippen LogP contribution in [0.5, 0.6) is 0 Å². The zero-order valence-electron chi connectivity index (χ0n) is 24.2. The largest absolute Gasteiger partial charge is 0.514 e. The van der Waals surface area contributed by atoms with Crippen molar-refractivity contribution in [3.8, 4) is 28.6 Å². The van der Waals surface area contributed by atoms with Crippen molar-refractivity contribution < 1.29 is 4.42 Å². The highest BCUT2D eigenvalue weighted by Crippen LogP contribution is 2.38. The lowest BCUT2D eigenvalue weighted by Gasteiger charge is -2.26. The van der Waals surface area contributed by atoms with Crippen LogP contribution in [0.25, 0.3) is 50.4 Å². The van der Waals surface area contributed by atoms with Crippen LogP contribution in [0.15, 0.2) is 156 Å². The van der Waals surface area contributed by atoms with E-state index >= 15 is 0 Å². The maximum atomic E-state index is 4.69. The van der Waals surface area contributed by atoms with E-state index in [1.807, 2.05) is 30.3 Å². The Kier molecular flexibility index (Phi) is 6.27. The molecule has 5 heteroatoms. The van der Waals surface area contributed by atoms with Gasteiger partial charge >= 0.3 is 11.8 Å². The van der Waals surface area contributed by atoms with E-state index in [0.29, 0.717) is 11.8 Å². The summed E-state index contributed by atoms with van der Waals surface area (Å²) in [5, 5.41) is 11.2. The third kappa shape index (κ3) is 4.52. The molecule has 6 aromatic carbocycles. The molecule has 8 aromatic rings. The van der Waals surface area contributed by atoms with Gasteiger partial charge in [-0.2, -0.15) is 0 Å². The zero-order chi connectivity index (χ0) is 29.5. The van der Waals surface area contributed by atoms with Gasteiger partial charge in [-0.25, -0.2) is 0 Å². The molecule has 0 spiro atoms. The number of aromatic nitrogens is 3. The van der Waals surface area contributed by atoms with Crippen molar-refractivity contribution in [2.24, 2.45) is 0 Å². The first-order chi connectivity index (χ1) is 21.7. The highest BCUT2D eigenvalue weighted by molar-refractivity contribution is 6.09. The van der Waals surface area contributed by atoms with Crippen molar-refractivity contribution in [3.05, 3.63) is 157 Å². The van der Waals surface area contributed by atoms with Crippen LogP contribution in [0.2, 0.25) is 0 Å². The molecular weight excluding hydrogens is 540 g/mol. The van der Waals surface area contributed by atoms with Gasteiger partial charge in [0.15, 0.2) is 0 Å². The SMILES string of the molecule is Cc1ccc(N(c2ccc(-c3nnc(-c4ccccc4)[oH+]3)cc2)c2ccc(-n3c4ccccc4c4ccccc43)cc2)cc1. The second kappa shape index (κ2) is 10.7. The first-order valence-corrected chi connectivity index (χ1v) is 14.7. The summed E-state index contributed by atoms with van der Waals surface area (Å²) in [6.07, 6.45) is 0. The first kappa shape index (κ1) is 25.7. The van der Waals surface area contributed by atoms with Crippen molar-refractivity contribution in [2.45, 2.75) is 6.92 Å². The van der Waals surface area contributed by atoms with E-state index in [-0.39, 0.29) is 0 Å². The van der Waals surface area contributed by atoms with Gasteiger partial charge in [0.25, 0.3) is 0 Å². The Labute approximate surface area is 255 Å². The van der Waals surface area contributed by atoms with E-state index in [1.54, 1.807) is 0 Å². The van der Waals surface area contributed by atoms with E-state index in [0.717, 1.165) is 33.9 Å². The van der Waals surface area contributed by atoms with Crippen molar-refractivity contribution in [3.63, 3.8) is 0 Å². The van der Waals surface area contributed by atoms with Gasteiger partial charge in [-0.1, -0.05) is 82.5 Å². The van der Waals surface area contributed by atoms with Gasteiger partial charge in [0.1, 0.15) is 0 Å². The summed E-state index contributed by atoms with van der Waals surface area (Å²) in [7, 11) is 0. The Bertz CT molecular complexity index is 2160. The van der Waals surface area contributed by atoms with E-state index in [4.69, 9.17) is 4.42 Å². The average molecular weight is 570 g/mol. The number of hydrogen-bond acceptors (Lipinski definition) is 3. The third-order valence-electron chi connectivity index (χ3n) is 8.11. The molecule has 2 aromatic heterocycles. The van der Waals surface area contributed by atoms with E-state index in [2.05, 4.69) is 148 Å². The van der Waals surface area contributed by atoms with Gasteiger partial charge in [0.05, 0.1) is 22.2 Å². The second-order valence-corrected chi connectivity index (χ2v) is 10.9. The lowest BCUT2D eigenvalue weighted by atomic mass is 10.1. The predicted octanol–water partition coefficient (Wildman–Crippen LogP) is 10.4. The summed E-state index contributed by atoms with van der Waals surface area (Å²) in [6, 6.07) is 53.0. The average Bonchev–Trinajstić information content (AvgIpc) is 3.71. The fourth-order valence-corrected chi connectivity index (χ4v) is 5.92. The van der Waals surface area contributed by atoms with Crippen LogP contribution in [-0.2, 0) is 0 Å². The molecule has 0 aliphatic heterocycles.